The Balaban J connectivity index is 2.98. The van der Waals surface area contributed by atoms with Gasteiger partial charge in [-0.25, -0.2) is 0 Å². The molecule has 0 heterocycles. The van der Waals surface area contributed by atoms with E-state index in [1.54, 1.807) is 0 Å². The first-order chi connectivity index (χ1) is 3.31. The third-order valence-corrected chi connectivity index (χ3v) is 1.01. The Bertz CT molecular complexity index is 46.0. The van der Waals surface area contributed by atoms with E-state index in [2.05, 4.69) is 19.9 Å². The van der Waals surface area contributed by atoms with Crippen LogP contribution in [-0.2, 0) is 0 Å². The molecule has 0 heteroatoms. The van der Waals surface area contributed by atoms with E-state index in [9.17, 15) is 0 Å². The van der Waals surface area contributed by atoms with Crippen molar-refractivity contribution in [1.82, 2.24) is 0 Å². The smallest absolute Gasteiger partial charge is 0.0173 e. The van der Waals surface area contributed by atoms with Gasteiger partial charge in [-0.3, -0.25) is 0 Å². The van der Waals surface area contributed by atoms with Gasteiger partial charge in [-0.15, -0.1) is 6.58 Å². The van der Waals surface area contributed by atoms with Crippen LogP contribution in [0.15, 0.2) is 12.7 Å². The van der Waals surface area contributed by atoms with Crippen LogP contribution in [0, 0.1) is 12.3 Å². The van der Waals surface area contributed by atoms with Gasteiger partial charge < -0.3 is 0 Å². The molecule has 0 bridgehead atoms. The van der Waals surface area contributed by atoms with Gasteiger partial charge in [-0.2, -0.15) is 0 Å². The van der Waals surface area contributed by atoms with Crippen LogP contribution < -0.4 is 0 Å². The van der Waals surface area contributed by atoms with Crippen molar-refractivity contribution in [3.05, 3.63) is 19.1 Å². The van der Waals surface area contributed by atoms with Crippen molar-refractivity contribution >= 4 is 0 Å². The van der Waals surface area contributed by atoms with E-state index in [-0.39, 0.29) is 0 Å². The summed E-state index contributed by atoms with van der Waals surface area (Å²) in [7, 11) is 0. The van der Waals surface area contributed by atoms with Crippen LogP contribution in [0.4, 0.5) is 0 Å². The predicted molar refractivity (Wildman–Crippen MR) is 32.9 cm³/mol. The van der Waals surface area contributed by atoms with E-state index < -0.39 is 0 Å². The minimum absolute atomic E-state index is 0.581. The van der Waals surface area contributed by atoms with Crippen molar-refractivity contribution in [2.75, 3.05) is 0 Å². The van der Waals surface area contributed by atoms with Crippen molar-refractivity contribution in [3.63, 3.8) is 0 Å². The Morgan fingerprint density at radius 3 is 2.57 bits per heavy atom. The molecule has 0 aromatic heterocycles. The van der Waals surface area contributed by atoms with Gasteiger partial charge in [0.25, 0.3) is 0 Å². The van der Waals surface area contributed by atoms with Gasteiger partial charge in [0.2, 0.25) is 0 Å². The molecule has 0 N–H and O–H groups in total. The maximum Gasteiger partial charge on any atom is -0.0173 e. The van der Waals surface area contributed by atoms with E-state index in [0.717, 1.165) is 6.42 Å². The molecule has 0 aliphatic heterocycles. The molecule has 1 atom stereocenters. The zero-order valence-corrected chi connectivity index (χ0v) is 5.07. The first kappa shape index (κ1) is 6.74. The van der Waals surface area contributed by atoms with Crippen molar-refractivity contribution in [3.8, 4) is 0 Å². The highest BCUT2D eigenvalue weighted by atomic mass is 14.0. The molecule has 7 heavy (non-hydrogen) atoms. The van der Waals surface area contributed by atoms with Crippen LogP contribution in [0.3, 0.4) is 0 Å². The molecule has 0 amide bonds. The van der Waals surface area contributed by atoms with Crippen LogP contribution in [0.1, 0.15) is 20.3 Å². The number of hydrogen-bond acceptors (Lipinski definition) is 0. The minimum atomic E-state index is 0.581. The summed E-state index contributed by atoms with van der Waals surface area (Å²) in [5.41, 5.74) is 0. The second-order valence-electron chi connectivity index (χ2n) is 1.71. The topological polar surface area (TPSA) is 0 Å². The highest BCUT2D eigenvalue weighted by Gasteiger charge is 1.91. The lowest BCUT2D eigenvalue weighted by Crippen LogP contribution is -1.87. The van der Waals surface area contributed by atoms with Gasteiger partial charge in [0.1, 0.15) is 0 Å². The SMILES string of the molecule is C=CCC(C)[C]C. The van der Waals surface area contributed by atoms with Crippen LogP contribution in [0.5, 0.6) is 0 Å². The Kier molecular flexibility index (Phi) is 3.77. The van der Waals surface area contributed by atoms with Crippen LogP contribution in [0.25, 0.3) is 0 Å². The second kappa shape index (κ2) is 3.91. The van der Waals surface area contributed by atoms with Gasteiger partial charge in [-0.05, 0) is 18.8 Å². The summed E-state index contributed by atoms with van der Waals surface area (Å²) in [5, 5.41) is 0. The number of allylic oxidation sites excluding steroid dienone is 1. The zero-order valence-electron chi connectivity index (χ0n) is 5.07. The summed E-state index contributed by atoms with van der Waals surface area (Å²) in [4.78, 5) is 0. The Labute approximate surface area is 46.2 Å². The van der Waals surface area contributed by atoms with Gasteiger partial charge in [0.05, 0.1) is 0 Å². The molecule has 0 rings (SSSR count). The quantitative estimate of drug-likeness (QED) is 0.473. The Morgan fingerprint density at radius 2 is 2.43 bits per heavy atom. The molecule has 0 fully saturated rings. The molecule has 0 aromatic carbocycles. The molecule has 0 nitrogen and oxygen atoms in total. The number of hydrogen-bond donors (Lipinski definition) is 0. The molecule has 0 spiro atoms. The van der Waals surface area contributed by atoms with E-state index >= 15 is 0 Å². The standard InChI is InChI=1S/C7H12/c1-4-6-7(3)5-2/h4,7H,1,6H2,2-3H3. The molecule has 40 valence electrons. The van der Waals surface area contributed by atoms with Crippen molar-refractivity contribution in [1.29, 1.82) is 0 Å². The first-order valence-electron chi connectivity index (χ1n) is 2.59. The first-order valence-corrected chi connectivity index (χ1v) is 2.59. The van der Waals surface area contributed by atoms with Crippen LogP contribution >= 0.6 is 0 Å². The molecule has 0 aromatic rings. The van der Waals surface area contributed by atoms with Gasteiger partial charge in [-0.1, -0.05) is 19.9 Å². The predicted octanol–water partition coefficient (Wildman–Crippen LogP) is 2.30. The zero-order chi connectivity index (χ0) is 5.70. The summed E-state index contributed by atoms with van der Waals surface area (Å²) in [5.74, 6) is 0.581. The molecule has 2 radical (unpaired) electrons. The molecule has 1 unspecified atom stereocenters. The molecule has 0 saturated heterocycles. The van der Waals surface area contributed by atoms with Gasteiger partial charge in [0.15, 0.2) is 0 Å². The highest BCUT2D eigenvalue weighted by molar-refractivity contribution is 4.76. The van der Waals surface area contributed by atoms with Gasteiger partial charge >= 0.3 is 0 Å². The summed E-state index contributed by atoms with van der Waals surface area (Å²) in [6.45, 7) is 7.69. The van der Waals surface area contributed by atoms with E-state index in [1.807, 2.05) is 13.0 Å². The molecule has 0 aliphatic rings. The Hall–Kier alpha value is -0.260. The van der Waals surface area contributed by atoms with Crippen LogP contribution in [-0.4, -0.2) is 0 Å². The van der Waals surface area contributed by atoms with Crippen molar-refractivity contribution < 1.29 is 0 Å². The Morgan fingerprint density at radius 1 is 1.86 bits per heavy atom. The molecular weight excluding hydrogens is 84.1 g/mol. The van der Waals surface area contributed by atoms with Crippen molar-refractivity contribution in [2.24, 2.45) is 5.92 Å². The number of rotatable bonds is 3. The fraction of sp³-hybridized carbons (Fsp3) is 0.571. The maximum absolute atomic E-state index is 3.61. The van der Waals surface area contributed by atoms with E-state index in [1.165, 1.54) is 0 Å². The third kappa shape index (κ3) is 3.57. The fourth-order valence-corrected chi connectivity index (χ4v) is 0.368. The minimum Gasteiger partial charge on any atom is -0.103 e. The molecule has 0 aliphatic carbocycles. The summed E-state index contributed by atoms with van der Waals surface area (Å²) < 4.78 is 0. The lowest BCUT2D eigenvalue weighted by Gasteiger charge is -1.99. The monoisotopic (exact) mass is 96.1 g/mol. The normalized spacial score (nSPS) is 13.4. The summed E-state index contributed by atoms with van der Waals surface area (Å²) in [6.07, 6.45) is 6.06. The summed E-state index contributed by atoms with van der Waals surface area (Å²) in [6, 6.07) is 0. The van der Waals surface area contributed by atoms with Crippen LogP contribution in [0.2, 0.25) is 0 Å². The third-order valence-electron chi connectivity index (χ3n) is 1.01. The lowest BCUT2D eigenvalue weighted by atomic mass is 10.1. The second-order valence-corrected chi connectivity index (χ2v) is 1.71. The summed E-state index contributed by atoms with van der Waals surface area (Å²) >= 11 is 0. The van der Waals surface area contributed by atoms with E-state index in [4.69, 9.17) is 0 Å². The maximum atomic E-state index is 3.61. The molecular formula is C7H12. The fourth-order valence-electron chi connectivity index (χ4n) is 0.368. The van der Waals surface area contributed by atoms with Crippen molar-refractivity contribution in [2.45, 2.75) is 20.3 Å². The van der Waals surface area contributed by atoms with E-state index in [0.29, 0.717) is 5.92 Å². The lowest BCUT2D eigenvalue weighted by molar-refractivity contribution is 0.689. The average molecular weight is 96.2 g/mol. The molecule has 0 saturated carbocycles. The highest BCUT2D eigenvalue weighted by Crippen LogP contribution is 2.03. The largest absolute Gasteiger partial charge is 0.103 e. The van der Waals surface area contributed by atoms with Gasteiger partial charge in [0, 0.05) is 0 Å². The average Bonchev–Trinajstić information content (AvgIpc) is 1.68.